The van der Waals surface area contributed by atoms with Crippen LogP contribution in [0.5, 0.6) is 11.5 Å². The zero-order valence-electron chi connectivity index (χ0n) is 34.5. The van der Waals surface area contributed by atoms with Crippen LogP contribution in [-0.4, -0.2) is 91.2 Å². The Bertz CT molecular complexity index is 2660. The molecule has 5 aliphatic rings. The van der Waals surface area contributed by atoms with E-state index in [2.05, 4.69) is 64.6 Å². The molecule has 3 aromatic carbocycles. The molecule has 2 saturated heterocycles. The number of nitrogens with one attached hydrogen (secondary N) is 2. The monoisotopic (exact) mass is 904 g/mol. The van der Waals surface area contributed by atoms with Gasteiger partial charge in [-0.3, -0.25) is 10.1 Å². The molecular formula is C49H48N2O11S2. The average molecular weight is 905 g/mol. The van der Waals surface area contributed by atoms with Gasteiger partial charge in [0.25, 0.3) is 0 Å². The second-order valence-corrected chi connectivity index (χ2v) is 19.0. The van der Waals surface area contributed by atoms with Gasteiger partial charge in [-0.1, -0.05) is 76.2 Å². The van der Waals surface area contributed by atoms with E-state index in [-0.39, 0.29) is 63.7 Å². The van der Waals surface area contributed by atoms with Crippen LogP contribution in [0.2, 0.25) is 0 Å². The summed E-state index contributed by atoms with van der Waals surface area (Å²) >= 11 is 0. The predicted molar refractivity (Wildman–Crippen MR) is 244 cm³/mol. The number of fused-ring (bicyclic) bond motifs is 8. The number of aromatic amines is 1. The summed E-state index contributed by atoms with van der Waals surface area (Å²) in [6, 6.07) is 20.9. The van der Waals surface area contributed by atoms with Crippen LogP contribution in [0.1, 0.15) is 54.2 Å². The third kappa shape index (κ3) is 8.77. The molecule has 5 aromatic rings. The maximum Gasteiger partial charge on any atom is 0.335 e. The zero-order chi connectivity index (χ0) is 44.4. The van der Waals surface area contributed by atoms with Gasteiger partial charge in [-0.05, 0) is 88.8 Å². The minimum Gasteiger partial charge on any atom is -0.508 e. The molecule has 7 N–H and O–H groups in total. The van der Waals surface area contributed by atoms with Crippen molar-refractivity contribution in [3.63, 3.8) is 0 Å². The van der Waals surface area contributed by atoms with Gasteiger partial charge in [-0.15, -0.1) is 11.8 Å². The number of carbonyl (C=O) groups is 1. The summed E-state index contributed by atoms with van der Waals surface area (Å²) in [5.74, 6) is 6.06. The number of aliphatic hydroxyl groups excluding tert-OH is 2. The number of rotatable bonds is 6. The number of allylic oxidation sites excluding steroid dienone is 4. The van der Waals surface area contributed by atoms with E-state index >= 15 is 0 Å². The molecule has 10 unspecified atom stereocenters. The Morgan fingerprint density at radius 1 is 1.00 bits per heavy atom. The lowest BCUT2D eigenvalue weighted by Gasteiger charge is -2.50. The lowest BCUT2D eigenvalue weighted by molar-refractivity contribution is -0.342. The van der Waals surface area contributed by atoms with Crippen molar-refractivity contribution < 1.29 is 49.0 Å². The first kappa shape index (κ1) is 43.9. The maximum atomic E-state index is 13.6. The molecule has 2 fully saturated rings. The van der Waals surface area contributed by atoms with E-state index in [1.165, 1.54) is 58.5 Å². The number of carboxylic acids is 1. The zero-order valence-corrected chi connectivity index (χ0v) is 36.2. The SMILES string of the molecule is O=C(O)C1OC(Oc2ccc3c(=O)c(-c4ccc(O)cc4)coc3c2)C2(O)C(O)NCC(C3CC#CCCC4C=CC(=CC3)c3ccccc34)C(c3cc[nH]c3)CSSCOC2C1O. The van der Waals surface area contributed by atoms with Crippen LogP contribution in [0, 0.1) is 23.7 Å². The molecule has 15 heteroatoms. The van der Waals surface area contributed by atoms with Crippen molar-refractivity contribution in [3.8, 4) is 34.5 Å². The highest BCUT2D eigenvalue weighted by Crippen LogP contribution is 2.44. The average Bonchev–Trinajstić information content (AvgIpc) is 3.83. The van der Waals surface area contributed by atoms with Gasteiger partial charge >= 0.3 is 5.97 Å². The van der Waals surface area contributed by atoms with Gasteiger partial charge in [-0.25, -0.2) is 4.79 Å². The summed E-state index contributed by atoms with van der Waals surface area (Å²) in [7, 11) is 2.90. The standard InChI is InChI=1S/C49H48N2O11S2/c52-33-16-14-31(15-17-33)39-25-59-41-22-34(18-19-37(41)42(39)53)61-48-49(58)45(43(54)44(62-48)46(55)56)60-27-64-63-26-40(32-20-21-50-23-32)38(24-51-47(49)57)29-7-3-1-2-6-28-10-12-30(13-11-29)36-9-5-4-8-35(28)36/h4-5,8-10,12-23,25,28-29,38,40,43-45,47-48,50-52,54,57-58H,2,6-7,11,24,26-27H2,(H,55,56). The third-order valence-electron chi connectivity index (χ3n) is 12.8. The van der Waals surface area contributed by atoms with Gasteiger partial charge in [0.1, 0.15) is 47.7 Å². The van der Waals surface area contributed by atoms with E-state index in [0.29, 0.717) is 30.1 Å². The summed E-state index contributed by atoms with van der Waals surface area (Å²) in [4.78, 5) is 29.3. The van der Waals surface area contributed by atoms with Crippen LogP contribution in [-0.2, 0) is 14.3 Å². The Hall–Kier alpha value is -5.28. The molecule has 0 saturated carbocycles. The lowest BCUT2D eigenvalue weighted by atomic mass is 9.75. The van der Waals surface area contributed by atoms with Crippen molar-refractivity contribution >= 4 is 44.1 Å². The van der Waals surface area contributed by atoms with Gasteiger partial charge in [0, 0.05) is 49.5 Å². The van der Waals surface area contributed by atoms with Crippen LogP contribution >= 0.6 is 21.6 Å². The minimum atomic E-state index is -2.61. The van der Waals surface area contributed by atoms with Crippen molar-refractivity contribution in [3.05, 3.63) is 137 Å². The summed E-state index contributed by atoms with van der Waals surface area (Å²) in [5, 5.41) is 59.9. The number of aliphatic carboxylic acids is 1. The molecule has 13 nitrogen and oxygen atoms in total. The number of ether oxygens (including phenoxy) is 3. The number of carboxylic acid groups (broad SMARTS) is 1. The van der Waals surface area contributed by atoms with Crippen molar-refractivity contribution in [2.24, 2.45) is 11.8 Å². The van der Waals surface area contributed by atoms with Gasteiger partial charge in [0.05, 0.1) is 10.9 Å². The number of benzene rings is 3. The number of hydrogen-bond acceptors (Lipinski definition) is 13. The van der Waals surface area contributed by atoms with Crippen molar-refractivity contribution in [1.82, 2.24) is 10.3 Å². The van der Waals surface area contributed by atoms with Crippen LogP contribution in [0.15, 0.2) is 119 Å². The summed E-state index contributed by atoms with van der Waals surface area (Å²) < 4.78 is 24.0. The number of H-pyrrole nitrogens is 1. The molecule has 4 heterocycles. The summed E-state index contributed by atoms with van der Waals surface area (Å²) in [6.45, 7) is 0.164. The summed E-state index contributed by atoms with van der Waals surface area (Å²) in [6.07, 6.45) is 5.43. The number of hydrogen-bond donors (Lipinski definition) is 7. The third-order valence-corrected chi connectivity index (χ3v) is 14.9. The first-order valence-corrected chi connectivity index (χ1v) is 23.7. The Balaban J connectivity index is 1.06. The van der Waals surface area contributed by atoms with Gasteiger partial charge in [-0.2, -0.15) is 0 Å². The number of phenols is 1. The molecule has 332 valence electrons. The Morgan fingerprint density at radius 3 is 2.66 bits per heavy atom. The van der Waals surface area contributed by atoms with Crippen LogP contribution in [0.3, 0.4) is 0 Å². The molecule has 2 aliphatic heterocycles. The molecule has 64 heavy (non-hydrogen) atoms. The molecule has 2 aromatic heterocycles. The largest absolute Gasteiger partial charge is 0.508 e. The summed E-state index contributed by atoms with van der Waals surface area (Å²) in [5.41, 5.74) is 2.67. The molecule has 10 atom stereocenters. The minimum absolute atomic E-state index is 0.00359. The van der Waals surface area contributed by atoms with Gasteiger partial charge in [0.2, 0.25) is 6.29 Å². The van der Waals surface area contributed by atoms with Crippen molar-refractivity contribution in [2.75, 3.05) is 18.2 Å². The highest BCUT2D eigenvalue weighted by Gasteiger charge is 2.63. The number of aromatic hydroxyl groups is 1. The highest BCUT2D eigenvalue weighted by atomic mass is 33.1. The maximum absolute atomic E-state index is 13.6. The Labute approximate surface area is 376 Å². The second-order valence-electron chi connectivity index (χ2n) is 16.5. The molecular weight excluding hydrogens is 857 g/mol. The topological polar surface area (TPSA) is 204 Å². The van der Waals surface area contributed by atoms with E-state index < -0.39 is 42.4 Å². The number of aromatic nitrogens is 1. The fraction of sp³-hybridized carbons (Fsp3) is 0.347. The van der Waals surface area contributed by atoms with E-state index in [1.807, 2.05) is 18.5 Å². The van der Waals surface area contributed by atoms with Crippen molar-refractivity contribution in [2.45, 2.75) is 73.9 Å². The van der Waals surface area contributed by atoms with Gasteiger partial charge in [0.15, 0.2) is 17.1 Å². The van der Waals surface area contributed by atoms with Crippen molar-refractivity contribution in [1.29, 1.82) is 0 Å². The first-order chi connectivity index (χ1) is 31.1. The highest BCUT2D eigenvalue weighted by molar-refractivity contribution is 8.76. The van der Waals surface area contributed by atoms with E-state index in [9.17, 15) is 35.1 Å². The molecule has 2 bridgehead atoms. The molecule has 3 aliphatic carbocycles. The fourth-order valence-corrected chi connectivity index (χ4v) is 11.4. The number of aliphatic hydroxyl groups is 3. The van der Waals surface area contributed by atoms with Crippen LogP contribution in [0.25, 0.3) is 27.7 Å². The molecule has 0 amide bonds. The molecule has 0 spiro atoms. The van der Waals surface area contributed by atoms with E-state index in [0.717, 1.165) is 24.0 Å². The molecule has 0 radical (unpaired) electrons. The smallest absolute Gasteiger partial charge is 0.335 e. The number of phenolic OH excluding ortho intramolecular Hbond substituents is 1. The lowest BCUT2D eigenvalue weighted by Crippen LogP contribution is -2.75. The van der Waals surface area contributed by atoms with Gasteiger partial charge < -0.3 is 49.1 Å². The Kier molecular flexibility index (Phi) is 13.1. The first-order valence-electron chi connectivity index (χ1n) is 21.2. The van der Waals surface area contributed by atoms with E-state index in [4.69, 9.17) is 18.6 Å². The van der Waals surface area contributed by atoms with Crippen LogP contribution < -0.4 is 15.5 Å². The molecule has 10 rings (SSSR count). The predicted octanol–water partition coefficient (Wildman–Crippen LogP) is 6.75. The normalized spacial score (nSPS) is 29.9. The Morgan fingerprint density at radius 2 is 1.84 bits per heavy atom. The fourth-order valence-electron chi connectivity index (χ4n) is 9.35. The van der Waals surface area contributed by atoms with E-state index in [1.54, 1.807) is 22.9 Å². The quantitative estimate of drug-likeness (QED) is 0.0696. The van der Waals surface area contributed by atoms with Crippen LogP contribution in [0.4, 0.5) is 0 Å². The second kappa shape index (κ2) is 19.1.